The average Bonchev–Trinajstić information content (AvgIpc) is 3.37. The minimum atomic E-state index is -3.60. The van der Waals surface area contributed by atoms with E-state index >= 15 is 0 Å². The Morgan fingerprint density at radius 3 is 2.72 bits per heavy atom. The molecule has 0 bridgehead atoms. The summed E-state index contributed by atoms with van der Waals surface area (Å²) in [4.78, 5) is 18.4. The van der Waals surface area contributed by atoms with Crippen molar-refractivity contribution in [2.75, 3.05) is 18.4 Å². The molecule has 0 aliphatic carbocycles. The quantitative estimate of drug-likeness (QED) is 0.596. The summed E-state index contributed by atoms with van der Waals surface area (Å²) in [5, 5.41) is 5.20. The van der Waals surface area contributed by atoms with Crippen LogP contribution in [0.2, 0.25) is 4.34 Å². The first kappa shape index (κ1) is 20.5. The topological polar surface area (TPSA) is 79.4 Å². The number of halogens is 1. The van der Waals surface area contributed by atoms with Crippen molar-refractivity contribution < 1.29 is 13.2 Å². The van der Waals surface area contributed by atoms with Crippen molar-refractivity contribution >= 4 is 55.3 Å². The monoisotopic (exact) mass is 467 g/mol. The molecule has 1 fully saturated rings. The molecule has 10 heteroatoms. The van der Waals surface area contributed by atoms with Crippen LogP contribution in [-0.4, -0.2) is 36.7 Å². The number of rotatable bonds is 5. The molecular weight excluding hydrogens is 450 g/mol. The maximum atomic E-state index is 12.9. The summed E-state index contributed by atoms with van der Waals surface area (Å²) in [6.07, 6.45) is 1.28. The lowest BCUT2D eigenvalue weighted by Crippen LogP contribution is -2.43. The Bertz CT molecular complexity index is 1110. The van der Waals surface area contributed by atoms with Crippen molar-refractivity contribution in [1.29, 1.82) is 0 Å². The van der Waals surface area contributed by atoms with Gasteiger partial charge in [0, 0.05) is 18.5 Å². The second kappa shape index (κ2) is 8.53. The first-order valence-corrected chi connectivity index (χ1v) is 12.5. The van der Waals surface area contributed by atoms with E-state index in [1.54, 1.807) is 30.3 Å². The largest absolute Gasteiger partial charge is 0.302 e. The SMILES string of the molecule is O=C(Nc1nc(-c2ccc(Cl)s2)cs1)C1CCCN(S(=O)(=O)c2ccccc2)C1. The molecule has 1 N–H and O–H groups in total. The van der Waals surface area contributed by atoms with Gasteiger partial charge >= 0.3 is 0 Å². The number of hydrogen-bond donors (Lipinski definition) is 1. The van der Waals surface area contributed by atoms with Gasteiger partial charge < -0.3 is 5.32 Å². The van der Waals surface area contributed by atoms with E-state index in [0.717, 1.165) is 10.6 Å². The van der Waals surface area contributed by atoms with Gasteiger partial charge in [-0.1, -0.05) is 29.8 Å². The summed E-state index contributed by atoms with van der Waals surface area (Å²) in [5.74, 6) is -0.617. The number of hydrogen-bond acceptors (Lipinski definition) is 6. The third kappa shape index (κ3) is 4.54. The van der Waals surface area contributed by atoms with Crippen LogP contribution in [0, 0.1) is 5.92 Å². The number of sulfonamides is 1. The Kier molecular flexibility index (Phi) is 6.03. The fourth-order valence-corrected chi connectivity index (χ4v) is 6.56. The summed E-state index contributed by atoms with van der Waals surface area (Å²) < 4.78 is 27.8. The molecule has 0 spiro atoms. The van der Waals surface area contributed by atoms with Gasteiger partial charge in [-0.15, -0.1) is 22.7 Å². The van der Waals surface area contributed by atoms with E-state index in [1.165, 1.54) is 27.0 Å². The van der Waals surface area contributed by atoms with Crippen LogP contribution < -0.4 is 5.32 Å². The van der Waals surface area contributed by atoms with Gasteiger partial charge in [-0.05, 0) is 37.1 Å². The Morgan fingerprint density at radius 2 is 2.00 bits per heavy atom. The zero-order chi connectivity index (χ0) is 20.4. The van der Waals surface area contributed by atoms with E-state index in [0.29, 0.717) is 28.9 Å². The van der Waals surface area contributed by atoms with Crippen LogP contribution in [0.25, 0.3) is 10.6 Å². The zero-order valence-electron chi connectivity index (χ0n) is 15.2. The van der Waals surface area contributed by atoms with E-state index in [4.69, 9.17) is 11.6 Å². The Balaban J connectivity index is 1.44. The van der Waals surface area contributed by atoms with E-state index in [2.05, 4.69) is 10.3 Å². The highest BCUT2D eigenvalue weighted by atomic mass is 35.5. The smallest absolute Gasteiger partial charge is 0.243 e. The predicted molar refractivity (Wildman–Crippen MR) is 117 cm³/mol. The number of thiophene rings is 1. The molecule has 0 saturated carbocycles. The van der Waals surface area contributed by atoms with Crippen LogP contribution in [0.15, 0.2) is 52.7 Å². The molecule has 1 aliphatic rings. The molecule has 1 aliphatic heterocycles. The number of nitrogens with one attached hydrogen (secondary N) is 1. The van der Waals surface area contributed by atoms with E-state index in [1.807, 2.05) is 17.5 Å². The van der Waals surface area contributed by atoms with Crippen LogP contribution in [0.1, 0.15) is 12.8 Å². The molecule has 0 radical (unpaired) electrons. The van der Waals surface area contributed by atoms with Gasteiger partial charge in [-0.25, -0.2) is 13.4 Å². The molecule has 1 saturated heterocycles. The molecule has 3 aromatic rings. The molecule has 1 atom stereocenters. The average molecular weight is 468 g/mol. The fourth-order valence-electron chi connectivity index (χ4n) is 3.22. The normalized spacial score (nSPS) is 17.9. The first-order chi connectivity index (χ1) is 13.9. The molecule has 29 heavy (non-hydrogen) atoms. The van der Waals surface area contributed by atoms with E-state index in [-0.39, 0.29) is 17.3 Å². The second-order valence-electron chi connectivity index (χ2n) is 6.65. The summed E-state index contributed by atoms with van der Waals surface area (Å²) in [7, 11) is -3.60. The number of carbonyl (C=O) groups is 1. The predicted octanol–water partition coefficient (Wildman–Crippen LogP) is 4.56. The summed E-state index contributed by atoms with van der Waals surface area (Å²) >= 11 is 8.73. The lowest BCUT2D eigenvalue weighted by atomic mass is 9.99. The van der Waals surface area contributed by atoms with Crippen molar-refractivity contribution in [2.24, 2.45) is 5.92 Å². The van der Waals surface area contributed by atoms with E-state index in [9.17, 15) is 13.2 Å². The number of nitrogens with zero attached hydrogens (tertiary/aromatic N) is 2. The van der Waals surface area contributed by atoms with Crippen molar-refractivity contribution in [2.45, 2.75) is 17.7 Å². The molecule has 3 heterocycles. The molecule has 2 aromatic heterocycles. The molecule has 1 unspecified atom stereocenters. The third-order valence-corrected chi connectivity index (χ3v) is 8.59. The molecule has 152 valence electrons. The van der Waals surface area contributed by atoms with Crippen LogP contribution >= 0.6 is 34.3 Å². The number of amides is 1. The third-order valence-electron chi connectivity index (χ3n) is 4.70. The van der Waals surface area contributed by atoms with Crippen LogP contribution in [0.4, 0.5) is 5.13 Å². The van der Waals surface area contributed by atoms with Crippen molar-refractivity contribution in [1.82, 2.24) is 9.29 Å². The summed E-state index contributed by atoms with van der Waals surface area (Å²) in [5.41, 5.74) is 0.763. The maximum Gasteiger partial charge on any atom is 0.243 e. The van der Waals surface area contributed by atoms with Crippen LogP contribution in [0.3, 0.4) is 0 Å². The van der Waals surface area contributed by atoms with Crippen molar-refractivity contribution in [3.05, 3.63) is 52.2 Å². The Hall–Kier alpha value is -1.78. The van der Waals surface area contributed by atoms with Crippen LogP contribution in [0.5, 0.6) is 0 Å². The maximum absolute atomic E-state index is 12.9. The number of benzene rings is 1. The van der Waals surface area contributed by atoms with Gasteiger partial charge in [0.1, 0.15) is 0 Å². The molecule has 4 rings (SSSR count). The molecule has 1 amide bonds. The lowest BCUT2D eigenvalue weighted by molar-refractivity contribution is -0.120. The van der Waals surface area contributed by atoms with Gasteiger partial charge in [-0.2, -0.15) is 4.31 Å². The van der Waals surface area contributed by atoms with Gasteiger partial charge in [0.05, 0.1) is 25.7 Å². The van der Waals surface area contributed by atoms with Gasteiger partial charge in [0.25, 0.3) is 0 Å². The zero-order valence-corrected chi connectivity index (χ0v) is 18.5. The van der Waals surface area contributed by atoms with Gasteiger partial charge in [0.2, 0.25) is 15.9 Å². The minimum absolute atomic E-state index is 0.168. The Labute approximate surface area is 182 Å². The molecule has 6 nitrogen and oxygen atoms in total. The van der Waals surface area contributed by atoms with Crippen molar-refractivity contribution in [3.63, 3.8) is 0 Å². The first-order valence-electron chi connectivity index (χ1n) is 9.01. The summed E-state index contributed by atoms with van der Waals surface area (Å²) in [6.45, 7) is 0.587. The molecular formula is C19H18ClN3O3S3. The highest BCUT2D eigenvalue weighted by Crippen LogP contribution is 2.33. The van der Waals surface area contributed by atoms with Crippen LogP contribution in [-0.2, 0) is 14.8 Å². The highest BCUT2D eigenvalue weighted by molar-refractivity contribution is 7.89. The summed E-state index contributed by atoms with van der Waals surface area (Å²) in [6, 6.07) is 12.0. The number of carbonyl (C=O) groups excluding carboxylic acids is 1. The van der Waals surface area contributed by atoms with Crippen molar-refractivity contribution in [3.8, 4) is 10.6 Å². The second-order valence-corrected chi connectivity index (χ2v) is 11.2. The number of piperidine rings is 1. The number of anilines is 1. The minimum Gasteiger partial charge on any atom is -0.302 e. The number of thiazole rings is 1. The Morgan fingerprint density at radius 1 is 1.21 bits per heavy atom. The standard InChI is InChI=1S/C19H18ClN3O3S3/c20-17-9-8-16(28-17)15-12-27-19(21-15)22-18(24)13-5-4-10-23(11-13)29(25,26)14-6-2-1-3-7-14/h1-3,6-9,12-13H,4-5,10-11H2,(H,21,22,24). The molecule has 1 aromatic carbocycles. The van der Waals surface area contributed by atoms with E-state index < -0.39 is 15.9 Å². The number of aromatic nitrogens is 1. The highest BCUT2D eigenvalue weighted by Gasteiger charge is 2.33. The fraction of sp³-hybridized carbons (Fsp3) is 0.263. The van der Waals surface area contributed by atoms with Gasteiger partial charge in [-0.3, -0.25) is 4.79 Å². The lowest BCUT2D eigenvalue weighted by Gasteiger charge is -2.31. The van der Waals surface area contributed by atoms with Gasteiger partial charge in [0.15, 0.2) is 5.13 Å².